The number of ether oxygens (including phenoxy) is 2. The number of hydrogen-bond acceptors (Lipinski definition) is 6. The summed E-state index contributed by atoms with van der Waals surface area (Å²) in [6.07, 6.45) is 11.8. The number of H-pyrrole nitrogens is 2. The van der Waals surface area contributed by atoms with Crippen LogP contribution in [0.1, 0.15) is 34.4 Å². The number of aromatic nitrogens is 5. The van der Waals surface area contributed by atoms with Crippen LogP contribution in [0.2, 0.25) is 0 Å². The van der Waals surface area contributed by atoms with Crippen molar-refractivity contribution < 1.29 is 14.3 Å². The van der Waals surface area contributed by atoms with Gasteiger partial charge in [-0.05, 0) is 47.9 Å². The van der Waals surface area contributed by atoms with Crippen molar-refractivity contribution in [3.8, 4) is 11.5 Å². The fourth-order valence-corrected chi connectivity index (χ4v) is 6.59. The zero-order valence-corrected chi connectivity index (χ0v) is 26.4. The number of nitrogens with zero attached hydrogens (tertiary/aromatic N) is 4. The number of carbonyl (C=O) groups is 1. The monoisotopic (exact) mass is 627 g/mol. The lowest BCUT2D eigenvalue weighted by molar-refractivity contribution is -0.116. The van der Waals surface area contributed by atoms with Crippen LogP contribution in [0.15, 0.2) is 103 Å². The zero-order chi connectivity index (χ0) is 32.3. The normalized spacial score (nSPS) is 13.7. The third-order valence-corrected chi connectivity index (χ3v) is 8.99. The lowest BCUT2D eigenvalue weighted by Crippen LogP contribution is -2.38. The van der Waals surface area contributed by atoms with Crippen molar-refractivity contribution >= 4 is 27.7 Å². The summed E-state index contributed by atoms with van der Waals surface area (Å²) in [5, 5.41) is 12.0. The van der Waals surface area contributed by atoms with Crippen molar-refractivity contribution in [3.63, 3.8) is 0 Å². The molecule has 1 unspecified atom stereocenters. The van der Waals surface area contributed by atoms with Gasteiger partial charge in [0, 0.05) is 65.2 Å². The summed E-state index contributed by atoms with van der Waals surface area (Å²) in [5.41, 5.74) is 11.8. The summed E-state index contributed by atoms with van der Waals surface area (Å²) in [7, 11) is 3.30. The number of allylic oxidation sites excluding steroid dienone is 2. The Morgan fingerprint density at radius 3 is 2.34 bits per heavy atom. The molecule has 0 bridgehead atoms. The molecule has 0 saturated heterocycles. The second-order valence-corrected chi connectivity index (χ2v) is 11.7. The summed E-state index contributed by atoms with van der Waals surface area (Å²) in [4.78, 5) is 21.6. The van der Waals surface area contributed by atoms with E-state index in [0.717, 1.165) is 45.6 Å². The largest absolute Gasteiger partial charge is 0.497 e. The van der Waals surface area contributed by atoms with Gasteiger partial charge in [-0.3, -0.25) is 4.79 Å². The van der Waals surface area contributed by atoms with E-state index in [1.807, 2.05) is 59.6 Å². The Morgan fingerprint density at radius 1 is 0.894 bits per heavy atom. The van der Waals surface area contributed by atoms with Crippen LogP contribution in [0.25, 0.3) is 21.8 Å². The maximum atomic E-state index is 12.8. The highest BCUT2D eigenvalue weighted by molar-refractivity contribution is 5.92. The minimum atomic E-state index is -0.485. The topological polar surface area (TPSA) is 127 Å². The van der Waals surface area contributed by atoms with E-state index in [-0.39, 0.29) is 6.04 Å². The molecule has 1 aliphatic rings. The van der Waals surface area contributed by atoms with E-state index in [2.05, 4.69) is 51.1 Å². The van der Waals surface area contributed by atoms with E-state index in [4.69, 9.17) is 25.4 Å². The van der Waals surface area contributed by atoms with Gasteiger partial charge in [0.05, 0.1) is 26.8 Å². The Balaban J connectivity index is 1.34. The molecule has 238 valence electrons. The molecule has 7 rings (SSSR count). The van der Waals surface area contributed by atoms with Gasteiger partial charge in [0.15, 0.2) is 5.82 Å². The van der Waals surface area contributed by atoms with Crippen molar-refractivity contribution in [2.24, 2.45) is 5.73 Å². The van der Waals surface area contributed by atoms with Gasteiger partial charge in [-0.25, -0.2) is 0 Å². The Morgan fingerprint density at radius 2 is 1.62 bits per heavy atom. The van der Waals surface area contributed by atoms with E-state index in [1.165, 1.54) is 10.9 Å². The maximum Gasteiger partial charge on any atom is 0.265 e. The molecule has 47 heavy (non-hydrogen) atoms. The number of hydrogen-bond donors (Lipinski definition) is 3. The minimum absolute atomic E-state index is 0.350. The van der Waals surface area contributed by atoms with E-state index in [9.17, 15) is 4.79 Å². The van der Waals surface area contributed by atoms with Gasteiger partial charge >= 0.3 is 0 Å². The molecular formula is C37H37N7O3. The number of carbonyl (C=O) groups excluding carboxylic acids is 1. The van der Waals surface area contributed by atoms with E-state index in [1.54, 1.807) is 20.3 Å². The average molecular weight is 628 g/mol. The summed E-state index contributed by atoms with van der Waals surface area (Å²) in [5.74, 6) is 2.51. The molecule has 1 atom stereocenters. The first-order valence-corrected chi connectivity index (χ1v) is 15.7. The molecule has 10 nitrogen and oxygen atoms in total. The second kappa shape index (κ2) is 12.9. The number of rotatable bonds is 12. The number of aromatic amines is 2. The lowest BCUT2D eigenvalue weighted by atomic mass is 10.0. The highest BCUT2D eigenvalue weighted by atomic mass is 16.5. The smallest absolute Gasteiger partial charge is 0.265 e. The van der Waals surface area contributed by atoms with Crippen LogP contribution in [-0.4, -0.2) is 56.3 Å². The van der Waals surface area contributed by atoms with Crippen molar-refractivity contribution in [3.05, 3.63) is 131 Å². The fraction of sp³-hybridized carbons (Fsp3) is 0.216. The zero-order valence-electron chi connectivity index (χ0n) is 26.4. The number of nitrogens with two attached hydrogens (primary N) is 1. The van der Waals surface area contributed by atoms with Gasteiger partial charge in [-0.1, -0.05) is 48.6 Å². The second-order valence-electron chi connectivity index (χ2n) is 11.7. The molecule has 4 heterocycles. The fourth-order valence-electron chi connectivity index (χ4n) is 6.59. The lowest BCUT2D eigenvalue weighted by Gasteiger charge is -2.34. The molecule has 0 aliphatic carbocycles. The van der Waals surface area contributed by atoms with Gasteiger partial charge < -0.3 is 34.6 Å². The molecule has 0 saturated carbocycles. The molecule has 10 heteroatoms. The molecule has 1 amide bonds. The molecule has 0 spiro atoms. The predicted octanol–water partition coefficient (Wildman–Crippen LogP) is 5.62. The van der Waals surface area contributed by atoms with Gasteiger partial charge in [0.2, 0.25) is 0 Å². The summed E-state index contributed by atoms with van der Waals surface area (Å²) in [6, 6.07) is 22.0. The molecule has 4 N–H and O–H groups in total. The van der Waals surface area contributed by atoms with Gasteiger partial charge in [0.25, 0.3) is 5.91 Å². The van der Waals surface area contributed by atoms with E-state index in [0.29, 0.717) is 43.1 Å². The number of amides is 1. The number of methoxy groups -OCH3 is 2. The Bertz CT molecular complexity index is 2120. The number of aryl methyl sites for hydroxylation is 2. The molecule has 3 aromatic heterocycles. The summed E-state index contributed by atoms with van der Waals surface area (Å²) in [6.45, 7) is 0.966. The van der Waals surface area contributed by atoms with E-state index < -0.39 is 5.91 Å². The first-order valence-electron chi connectivity index (χ1n) is 15.7. The standard InChI is InChI=1S/C37H37N7O3/c1-46-27-16-14-25(34(20-27)47-2)23-44-35(17-15-24-21-39-30-11-5-3-9-28(24)30)41-42-37(44)33(43-18-8-7-13-32(43)36(38)45)19-26-22-40-31-12-6-4-10-29(26)31/h3-14,16,20-22,33,39-40H,15,17-19,23H2,1-2H3,(H2,38,45). The third-order valence-electron chi connectivity index (χ3n) is 8.99. The number of nitrogens with one attached hydrogen (secondary N) is 2. The molecule has 0 radical (unpaired) electrons. The van der Waals surface area contributed by atoms with E-state index >= 15 is 0 Å². The SMILES string of the molecule is COc1ccc(Cn2c(CCc3c[nH]c4ccccc34)nnc2C(Cc2c[nH]c3ccccc23)N2CC=CC=C2C(N)=O)c(OC)c1. The third kappa shape index (κ3) is 5.85. The predicted molar refractivity (Wildman–Crippen MR) is 182 cm³/mol. The van der Waals surface area contributed by atoms with Crippen LogP contribution in [0.4, 0.5) is 0 Å². The van der Waals surface area contributed by atoms with Crippen molar-refractivity contribution in [1.29, 1.82) is 0 Å². The van der Waals surface area contributed by atoms with Crippen molar-refractivity contribution in [1.82, 2.24) is 29.6 Å². The molecule has 1 aliphatic heterocycles. The first kappa shape index (κ1) is 29.9. The summed E-state index contributed by atoms with van der Waals surface area (Å²) >= 11 is 0. The summed E-state index contributed by atoms with van der Waals surface area (Å²) < 4.78 is 13.5. The molecular weight excluding hydrogens is 590 g/mol. The van der Waals surface area contributed by atoms with Crippen molar-refractivity contribution in [2.75, 3.05) is 20.8 Å². The number of primary amides is 1. The number of benzene rings is 3. The van der Waals surface area contributed by atoms with Gasteiger partial charge in [-0.15, -0.1) is 10.2 Å². The van der Waals surface area contributed by atoms with Gasteiger partial charge in [0.1, 0.15) is 23.0 Å². The minimum Gasteiger partial charge on any atom is -0.497 e. The Labute approximate surface area is 272 Å². The van der Waals surface area contributed by atoms with Crippen LogP contribution in [-0.2, 0) is 30.6 Å². The number of para-hydroxylation sites is 2. The first-order chi connectivity index (χ1) is 23.0. The van der Waals surface area contributed by atoms with Crippen LogP contribution in [0.5, 0.6) is 11.5 Å². The van der Waals surface area contributed by atoms with Gasteiger partial charge in [-0.2, -0.15) is 0 Å². The van der Waals surface area contributed by atoms with Crippen LogP contribution >= 0.6 is 0 Å². The highest BCUT2D eigenvalue weighted by Gasteiger charge is 2.32. The Hall–Kier alpha value is -5.77. The average Bonchev–Trinajstić information content (AvgIpc) is 3.83. The molecule has 3 aromatic carbocycles. The Kier molecular flexibility index (Phi) is 8.22. The van der Waals surface area contributed by atoms with Crippen LogP contribution < -0.4 is 15.2 Å². The van der Waals surface area contributed by atoms with Crippen LogP contribution in [0, 0.1) is 0 Å². The van der Waals surface area contributed by atoms with Crippen LogP contribution in [0.3, 0.4) is 0 Å². The van der Waals surface area contributed by atoms with Crippen molar-refractivity contribution in [2.45, 2.75) is 31.8 Å². The maximum absolute atomic E-state index is 12.8. The molecule has 6 aromatic rings. The molecule has 0 fully saturated rings. The quantitative estimate of drug-likeness (QED) is 0.162. The highest BCUT2D eigenvalue weighted by Crippen LogP contribution is 2.34. The number of fused-ring (bicyclic) bond motifs is 2.